The first kappa shape index (κ1) is 24.2. The molecule has 0 bridgehead atoms. The fraction of sp³-hybridized carbons (Fsp3) is 0.308. The fourth-order valence-corrected chi connectivity index (χ4v) is 4.46. The molecule has 1 heterocycles. The van der Waals surface area contributed by atoms with Gasteiger partial charge in [-0.3, -0.25) is 9.59 Å². The van der Waals surface area contributed by atoms with Crippen molar-refractivity contribution in [3.05, 3.63) is 76.8 Å². The molecule has 0 radical (unpaired) electrons. The zero-order chi connectivity index (χ0) is 24.5. The molecule has 4 rings (SSSR count). The number of nitrogens with zero attached hydrogens (tertiary/aromatic N) is 1. The Labute approximate surface area is 202 Å². The van der Waals surface area contributed by atoms with E-state index in [-0.39, 0.29) is 19.8 Å². The lowest BCUT2D eigenvalue weighted by Crippen LogP contribution is -2.47. The molecule has 3 aromatic rings. The van der Waals surface area contributed by atoms with Gasteiger partial charge in [0.05, 0.1) is 19.6 Å². The number of hydrogen-bond acceptors (Lipinski definition) is 5. The molecule has 0 saturated heterocycles. The van der Waals surface area contributed by atoms with E-state index in [0.29, 0.717) is 16.3 Å². The molecule has 1 aliphatic rings. The van der Waals surface area contributed by atoms with Crippen molar-refractivity contribution < 1.29 is 29.6 Å². The number of carbonyl (C=O) groups is 2. The molecule has 3 aromatic carbocycles. The molecule has 1 amide bonds. The third-order valence-corrected chi connectivity index (χ3v) is 6.41. The molecule has 8 heteroatoms. The fourth-order valence-electron chi connectivity index (χ4n) is 4.28. The Hall–Kier alpha value is -2.97. The topological polar surface area (TPSA) is 107 Å². The highest BCUT2D eigenvalue weighted by molar-refractivity contribution is 6.30. The van der Waals surface area contributed by atoms with Crippen molar-refractivity contribution in [2.75, 3.05) is 24.7 Å². The highest BCUT2D eigenvalue weighted by atomic mass is 35.5. The third-order valence-electron chi connectivity index (χ3n) is 6.17. The van der Waals surface area contributed by atoms with Gasteiger partial charge >= 0.3 is 5.97 Å². The Morgan fingerprint density at radius 2 is 1.76 bits per heavy atom. The van der Waals surface area contributed by atoms with Gasteiger partial charge in [-0.05, 0) is 34.5 Å². The average molecular weight is 484 g/mol. The summed E-state index contributed by atoms with van der Waals surface area (Å²) in [6.07, 6.45) is -2.59. The molecule has 0 saturated carbocycles. The summed E-state index contributed by atoms with van der Waals surface area (Å²) in [4.78, 5) is 26.7. The van der Waals surface area contributed by atoms with Crippen LogP contribution in [-0.4, -0.2) is 53.1 Å². The smallest absolute Gasteiger partial charge is 0.306 e. The molecule has 1 aliphatic heterocycles. The number of aliphatic hydroxyl groups excluding tert-OH is 2. The van der Waals surface area contributed by atoms with Gasteiger partial charge in [-0.15, -0.1) is 0 Å². The quantitative estimate of drug-likeness (QED) is 0.472. The van der Waals surface area contributed by atoms with E-state index in [1.807, 2.05) is 42.5 Å². The summed E-state index contributed by atoms with van der Waals surface area (Å²) in [6.45, 7) is 0.881. The van der Waals surface area contributed by atoms with Gasteiger partial charge in [-0.2, -0.15) is 0 Å². The van der Waals surface area contributed by atoms with Crippen LogP contribution in [0.4, 0.5) is 5.69 Å². The van der Waals surface area contributed by atoms with Crippen LogP contribution in [0.1, 0.15) is 30.6 Å². The minimum Gasteiger partial charge on any atom is -0.481 e. The predicted octanol–water partition coefficient (Wildman–Crippen LogP) is 3.78. The summed E-state index contributed by atoms with van der Waals surface area (Å²) < 4.78 is 6.27. The molecule has 7 nitrogen and oxygen atoms in total. The number of aliphatic carboxylic acids is 1. The normalized spacial score (nSPS) is 18.6. The summed E-state index contributed by atoms with van der Waals surface area (Å²) >= 11 is 6.36. The number of benzene rings is 3. The maximum atomic E-state index is 13.6. The summed E-state index contributed by atoms with van der Waals surface area (Å²) in [6, 6.07) is 18.5. The lowest BCUT2D eigenvalue weighted by atomic mass is 9.90. The standard InChI is InChI=1S/C26H26ClNO6/c1-26(14-29,15-30)13-28-21-10-9-17(27)11-20(21)24(34-22(25(28)33)12-23(31)32)19-8-4-6-16-5-2-3-7-18(16)19/h2-11,22,24,29-30H,12-15H2,1H3,(H,31,32). The van der Waals surface area contributed by atoms with E-state index in [9.17, 15) is 24.9 Å². The van der Waals surface area contributed by atoms with Gasteiger partial charge in [0, 0.05) is 28.2 Å². The Morgan fingerprint density at radius 3 is 2.47 bits per heavy atom. The van der Waals surface area contributed by atoms with Crippen molar-refractivity contribution >= 4 is 39.9 Å². The zero-order valence-corrected chi connectivity index (χ0v) is 19.4. The van der Waals surface area contributed by atoms with Crippen molar-refractivity contribution in [2.24, 2.45) is 5.41 Å². The van der Waals surface area contributed by atoms with Gasteiger partial charge in [-0.25, -0.2) is 0 Å². The van der Waals surface area contributed by atoms with Gasteiger partial charge in [0.15, 0.2) is 0 Å². The van der Waals surface area contributed by atoms with Crippen molar-refractivity contribution in [3.8, 4) is 0 Å². The summed E-state index contributed by atoms with van der Waals surface area (Å²) in [5.41, 5.74) is 0.856. The van der Waals surface area contributed by atoms with Crippen molar-refractivity contribution in [3.63, 3.8) is 0 Å². The van der Waals surface area contributed by atoms with Gasteiger partial charge in [0.2, 0.25) is 0 Å². The minimum atomic E-state index is -1.28. The molecule has 2 unspecified atom stereocenters. The molecule has 2 atom stereocenters. The Bertz CT molecular complexity index is 1220. The second kappa shape index (κ2) is 9.72. The summed E-state index contributed by atoms with van der Waals surface area (Å²) in [5.74, 6) is -1.73. The minimum absolute atomic E-state index is 0.0325. The predicted molar refractivity (Wildman–Crippen MR) is 129 cm³/mol. The molecular weight excluding hydrogens is 458 g/mol. The number of carboxylic acid groups (broad SMARTS) is 1. The Kier molecular flexibility index (Phi) is 6.91. The van der Waals surface area contributed by atoms with Crippen molar-refractivity contribution in [2.45, 2.75) is 25.6 Å². The van der Waals surface area contributed by atoms with Gasteiger partial charge in [0.1, 0.15) is 12.2 Å². The maximum Gasteiger partial charge on any atom is 0.306 e. The Morgan fingerprint density at radius 1 is 1.06 bits per heavy atom. The Balaban J connectivity index is 1.94. The van der Waals surface area contributed by atoms with Gasteiger partial charge in [0.25, 0.3) is 5.91 Å². The number of carboxylic acids is 1. The maximum absolute atomic E-state index is 13.6. The lowest BCUT2D eigenvalue weighted by Gasteiger charge is -2.33. The van der Waals surface area contributed by atoms with Crippen LogP contribution in [0.25, 0.3) is 10.8 Å². The SMILES string of the molecule is CC(CO)(CO)CN1C(=O)C(CC(=O)O)OC(c2cccc3ccccc23)c2cc(Cl)ccc21. The van der Waals surface area contributed by atoms with Crippen molar-refractivity contribution in [1.29, 1.82) is 0 Å². The van der Waals surface area contributed by atoms with Crippen LogP contribution in [-0.2, 0) is 14.3 Å². The molecule has 0 aromatic heterocycles. The molecule has 0 aliphatic carbocycles. The van der Waals surface area contributed by atoms with Crippen LogP contribution in [0.3, 0.4) is 0 Å². The highest BCUT2D eigenvalue weighted by Crippen LogP contribution is 2.42. The summed E-state index contributed by atoms with van der Waals surface area (Å²) in [5, 5.41) is 31.6. The van der Waals surface area contributed by atoms with Crippen LogP contribution < -0.4 is 4.90 Å². The largest absolute Gasteiger partial charge is 0.481 e. The number of fused-ring (bicyclic) bond motifs is 2. The van der Waals surface area contributed by atoms with Gasteiger partial charge in [-0.1, -0.05) is 61.0 Å². The van der Waals surface area contributed by atoms with E-state index < -0.39 is 35.9 Å². The molecule has 3 N–H and O–H groups in total. The van der Waals surface area contributed by atoms with Crippen LogP contribution in [0, 0.1) is 5.41 Å². The van der Waals surface area contributed by atoms with E-state index >= 15 is 0 Å². The number of rotatable bonds is 7. The second-order valence-electron chi connectivity index (χ2n) is 8.93. The number of halogens is 1. The molecule has 178 valence electrons. The van der Waals surface area contributed by atoms with Crippen molar-refractivity contribution in [1.82, 2.24) is 0 Å². The van der Waals surface area contributed by atoms with Crippen LogP contribution in [0.15, 0.2) is 60.7 Å². The highest BCUT2D eigenvalue weighted by Gasteiger charge is 2.40. The number of anilines is 1. The first-order valence-corrected chi connectivity index (χ1v) is 11.3. The second-order valence-corrected chi connectivity index (χ2v) is 9.36. The monoisotopic (exact) mass is 483 g/mol. The van der Waals surface area contributed by atoms with E-state index in [4.69, 9.17) is 16.3 Å². The average Bonchev–Trinajstić information content (AvgIpc) is 2.93. The number of carbonyl (C=O) groups excluding carboxylic acids is 1. The van der Waals surface area contributed by atoms with E-state index in [0.717, 1.165) is 16.3 Å². The number of hydrogen-bond donors (Lipinski definition) is 3. The first-order chi connectivity index (χ1) is 16.3. The van der Waals surface area contributed by atoms with Crippen LogP contribution in [0.5, 0.6) is 0 Å². The first-order valence-electron chi connectivity index (χ1n) is 10.9. The van der Waals surface area contributed by atoms with E-state index in [1.165, 1.54) is 4.90 Å². The van der Waals surface area contributed by atoms with Gasteiger partial charge < -0.3 is 25.0 Å². The lowest BCUT2D eigenvalue weighted by molar-refractivity contribution is -0.147. The molecule has 0 fully saturated rings. The zero-order valence-electron chi connectivity index (χ0n) is 18.6. The molecule has 0 spiro atoms. The van der Waals surface area contributed by atoms with Crippen LogP contribution in [0.2, 0.25) is 5.02 Å². The number of aliphatic hydroxyl groups is 2. The molecule has 34 heavy (non-hydrogen) atoms. The van der Waals surface area contributed by atoms with Crippen LogP contribution >= 0.6 is 11.6 Å². The summed E-state index contributed by atoms with van der Waals surface area (Å²) in [7, 11) is 0. The third kappa shape index (κ3) is 4.65. The molecular formula is C26H26ClNO6. The number of ether oxygens (including phenoxy) is 1. The number of amides is 1. The van der Waals surface area contributed by atoms with E-state index in [1.54, 1.807) is 25.1 Å². The van der Waals surface area contributed by atoms with E-state index in [2.05, 4.69) is 0 Å².